The molecule has 0 radical (unpaired) electrons. The van der Waals surface area contributed by atoms with Gasteiger partial charge in [0.05, 0.1) is 17.7 Å². The molecule has 1 saturated carbocycles. The van der Waals surface area contributed by atoms with Crippen molar-refractivity contribution in [1.82, 2.24) is 10.2 Å². The van der Waals surface area contributed by atoms with Gasteiger partial charge in [0.2, 0.25) is 0 Å². The van der Waals surface area contributed by atoms with Crippen molar-refractivity contribution in [2.45, 2.75) is 63.1 Å². The molecule has 5 heteroatoms. The highest BCUT2D eigenvalue weighted by Gasteiger charge is 2.47. The number of carbonyl (C=O) groups is 1. The molecular formula is C24H32N2O2S. The van der Waals surface area contributed by atoms with E-state index >= 15 is 0 Å². The van der Waals surface area contributed by atoms with Gasteiger partial charge in [0, 0.05) is 23.5 Å². The maximum absolute atomic E-state index is 13.0. The van der Waals surface area contributed by atoms with Gasteiger partial charge in [-0.1, -0.05) is 43.5 Å². The van der Waals surface area contributed by atoms with E-state index in [4.69, 9.17) is 0 Å². The molecule has 2 heterocycles. The number of amides is 1. The van der Waals surface area contributed by atoms with Crippen LogP contribution in [-0.2, 0) is 0 Å². The SMILES string of the molecule is CC1(O)CCN(CC2CCCCC2)C(c2cccs2)C1NC(=O)c1ccccc1. The molecule has 3 unspecified atom stereocenters. The Hall–Kier alpha value is -1.69. The lowest BCUT2D eigenvalue weighted by Gasteiger charge is -2.49. The van der Waals surface area contributed by atoms with E-state index in [1.165, 1.54) is 37.0 Å². The monoisotopic (exact) mass is 412 g/mol. The van der Waals surface area contributed by atoms with Crippen LogP contribution in [0.1, 0.15) is 66.7 Å². The molecular weight excluding hydrogens is 380 g/mol. The summed E-state index contributed by atoms with van der Waals surface area (Å²) in [5.74, 6) is 0.608. The van der Waals surface area contributed by atoms with Gasteiger partial charge in [-0.05, 0) is 55.7 Å². The van der Waals surface area contributed by atoms with E-state index in [-0.39, 0.29) is 18.0 Å². The number of benzene rings is 1. The first-order chi connectivity index (χ1) is 14.0. The van der Waals surface area contributed by atoms with Gasteiger partial charge in [0.1, 0.15) is 0 Å². The smallest absolute Gasteiger partial charge is 0.251 e. The Kier molecular flexibility index (Phi) is 6.38. The number of piperidine rings is 1. The Morgan fingerprint density at radius 1 is 1.17 bits per heavy atom. The van der Waals surface area contributed by atoms with Gasteiger partial charge in [-0.15, -0.1) is 11.3 Å². The second kappa shape index (κ2) is 8.99. The van der Waals surface area contributed by atoms with Crippen LogP contribution in [0.15, 0.2) is 47.8 Å². The number of carbonyl (C=O) groups excluding carboxylic acids is 1. The van der Waals surface area contributed by atoms with Crippen LogP contribution in [0.25, 0.3) is 0 Å². The maximum atomic E-state index is 13.0. The first-order valence-electron chi connectivity index (χ1n) is 10.9. The first-order valence-corrected chi connectivity index (χ1v) is 11.8. The molecule has 2 fully saturated rings. The van der Waals surface area contributed by atoms with Crippen LogP contribution in [0, 0.1) is 5.92 Å². The summed E-state index contributed by atoms with van der Waals surface area (Å²) >= 11 is 1.72. The summed E-state index contributed by atoms with van der Waals surface area (Å²) in [6.07, 6.45) is 7.27. The third-order valence-electron chi connectivity index (χ3n) is 6.66. The number of thiophene rings is 1. The average molecular weight is 413 g/mol. The minimum absolute atomic E-state index is 0.00772. The van der Waals surface area contributed by atoms with Gasteiger partial charge in [0.25, 0.3) is 5.91 Å². The van der Waals surface area contributed by atoms with Crippen LogP contribution in [-0.4, -0.2) is 40.6 Å². The predicted octanol–water partition coefficient (Wildman–Crippen LogP) is 4.62. The Labute approximate surface area is 177 Å². The molecule has 4 rings (SSSR count). The summed E-state index contributed by atoms with van der Waals surface area (Å²) < 4.78 is 0. The van der Waals surface area contributed by atoms with Crippen molar-refractivity contribution in [2.24, 2.45) is 5.92 Å². The van der Waals surface area contributed by atoms with Gasteiger partial charge in [-0.25, -0.2) is 0 Å². The van der Waals surface area contributed by atoms with Crippen LogP contribution in [0.5, 0.6) is 0 Å². The third kappa shape index (κ3) is 4.73. The Balaban J connectivity index is 1.60. The molecule has 1 saturated heterocycles. The second-order valence-corrected chi connectivity index (χ2v) is 9.86. The number of nitrogens with one attached hydrogen (secondary N) is 1. The molecule has 1 aliphatic carbocycles. The molecule has 1 aromatic carbocycles. The molecule has 3 atom stereocenters. The number of hydrogen-bond donors (Lipinski definition) is 2. The van der Waals surface area contributed by atoms with Crippen molar-refractivity contribution < 1.29 is 9.90 Å². The van der Waals surface area contributed by atoms with Crippen LogP contribution >= 0.6 is 11.3 Å². The number of aliphatic hydroxyl groups is 1. The van der Waals surface area contributed by atoms with Crippen LogP contribution in [0.3, 0.4) is 0 Å². The zero-order valence-electron chi connectivity index (χ0n) is 17.2. The summed E-state index contributed by atoms with van der Waals surface area (Å²) in [6.45, 7) is 3.79. The van der Waals surface area contributed by atoms with Crippen molar-refractivity contribution in [3.63, 3.8) is 0 Å². The van der Waals surface area contributed by atoms with E-state index in [0.29, 0.717) is 12.0 Å². The van der Waals surface area contributed by atoms with E-state index in [0.717, 1.165) is 19.0 Å². The average Bonchev–Trinajstić information content (AvgIpc) is 3.26. The summed E-state index contributed by atoms with van der Waals surface area (Å²) in [5.41, 5.74) is -0.306. The Morgan fingerprint density at radius 2 is 1.93 bits per heavy atom. The van der Waals surface area contributed by atoms with Gasteiger partial charge >= 0.3 is 0 Å². The topological polar surface area (TPSA) is 52.6 Å². The van der Waals surface area contributed by atoms with Gasteiger partial charge in [-0.2, -0.15) is 0 Å². The zero-order chi connectivity index (χ0) is 20.3. The molecule has 2 aromatic rings. The van der Waals surface area contributed by atoms with Gasteiger partial charge < -0.3 is 10.4 Å². The summed E-state index contributed by atoms with van der Waals surface area (Å²) in [6, 6.07) is 13.2. The zero-order valence-corrected chi connectivity index (χ0v) is 18.0. The molecule has 156 valence electrons. The lowest BCUT2D eigenvalue weighted by Crippen LogP contribution is -2.62. The highest BCUT2D eigenvalue weighted by atomic mass is 32.1. The third-order valence-corrected chi connectivity index (χ3v) is 7.60. The van der Waals surface area contributed by atoms with E-state index in [1.54, 1.807) is 11.3 Å². The van der Waals surface area contributed by atoms with Gasteiger partial charge in [0.15, 0.2) is 0 Å². The first kappa shape index (κ1) is 20.6. The van der Waals surface area contributed by atoms with Crippen molar-refractivity contribution in [1.29, 1.82) is 0 Å². The molecule has 2 N–H and O–H groups in total. The van der Waals surface area contributed by atoms with E-state index < -0.39 is 5.60 Å². The van der Waals surface area contributed by atoms with Crippen molar-refractivity contribution in [3.8, 4) is 0 Å². The lowest BCUT2D eigenvalue weighted by molar-refractivity contribution is -0.0675. The highest BCUT2D eigenvalue weighted by Crippen LogP contribution is 2.40. The van der Waals surface area contributed by atoms with E-state index in [1.807, 2.05) is 37.3 Å². The summed E-state index contributed by atoms with van der Waals surface area (Å²) in [7, 11) is 0. The number of likely N-dealkylation sites (tertiary alicyclic amines) is 1. The predicted molar refractivity (Wildman–Crippen MR) is 118 cm³/mol. The van der Waals surface area contributed by atoms with Crippen molar-refractivity contribution in [3.05, 3.63) is 58.3 Å². The number of hydrogen-bond acceptors (Lipinski definition) is 4. The Morgan fingerprint density at radius 3 is 2.62 bits per heavy atom. The fraction of sp³-hybridized carbons (Fsp3) is 0.542. The molecule has 29 heavy (non-hydrogen) atoms. The largest absolute Gasteiger partial charge is 0.388 e. The number of nitrogens with zero attached hydrogens (tertiary/aromatic N) is 1. The molecule has 2 aliphatic rings. The summed E-state index contributed by atoms with van der Waals surface area (Å²) in [5, 5.41) is 16.6. The molecule has 1 aromatic heterocycles. The Bertz CT molecular complexity index is 784. The van der Waals surface area contributed by atoms with Gasteiger partial charge in [-0.3, -0.25) is 9.69 Å². The molecule has 0 bridgehead atoms. The van der Waals surface area contributed by atoms with Crippen molar-refractivity contribution >= 4 is 17.2 Å². The fourth-order valence-corrected chi connectivity index (χ4v) is 5.87. The standard InChI is InChI=1S/C24H32N2O2S/c1-24(28)14-15-26(17-18-9-4-2-5-10-18)21(20-13-8-16-29-20)22(24)25-23(27)19-11-6-3-7-12-19/h3,6-8,11-13,16,18,21-22,28H,2,4-5,9-10,14-15,17H2,1H3,(H,25,27). The van der Waals surface area contributed by atoms with Crippen molar-refractivity contribution in [2.75, 3.05) is 13.1 Å². The van der Waals surface area contributed by atoms with E-state index in [9.17, 15) is 9.90 Å². The van der Waals surface area contributed by atoms with E-state index in [2.05, 4.69) is 27.7 Å². The second-order valence-electron chi connectivity index (χ2n) is 8.88. The molecule has 1 amide bonds. The summed E-state index contributed by atoms with van der Waals surface area (Å²) in [4.78, 5) is 16.7. The fourth-order valence-electron chi connectivity index (χ4n) is 4.97. The number of rotatable bonds is 5. The van der Waals surface area contributed by atoms with Crippen LogP contribution in [0.4, 0.5) is 0 Å². The molecule has 4 nitrogen and oxygen atoms in total. The highest BCUT2D eigenvalue weighted by molar-refractivity contribution is 7.10. The van der Waals surface area contributed by atoms with Crippen LogP contribution in [0.2, 0.25) is 0 Å². The quantitative estimate of drug-likeness (QED) is 0.753. The minimum atomic E-state index is -0.942. The normalized spacial score (nSPS) is 28.9. The molecule has 1 aliphatic heterocycles. The minimum Gasteiger partial charge on any atom is -0.388 e. The van der Waals surface area contributed by atoms with Crippen LogP contribution < -0.4 is 5.32 Å². The lowest BCUT2D eigenvalue weighted by atomic mass is 9.80. The molecule has 0 spiro atoms. The maximum Gasteiger partial charge on any atom is 0.251 e.